The Morgan fingerprint density at radius 2 is 1.63 bits per heavy atom. The number of imide groups is 1. The molecule has 0 radical (unpaired) electrons. The number of amides is 8. The molecule has 2 heterocycles. The van der Waals surface area contributed by atoms with Crippen LogP contribution < -0.4 is 32.3 Å². The molecule has 0 aliphatic carbocycles. The third-order valence-corrected chi connectivity index (χ3v) is 10.3. The van der Waals surface area contributed by atoms with E-state index in [9.17, 15) is 54.0 Å². The average molecular weight is 843 g/mol. The fraction of sp³-hybridized carbons (Fsp3) is 0.447. The molecule has 320 valence electrons. The topological polar surface area (TPSA) is 302 Å². The van der Waals surface area contributed by atoms with Crippen molar-refractivity contribution in [1.29, 1.82) is 0 Å². The number of hydrogen-bond donors (Lipinski definition) is 10. The van der Waals surface area contributed by atoms with E-state index in [1.54, 1.807) is 24.5 Å². The highest BCUT2D eigenvalue weighted by Crippen LogP contribution is 2.27. The first-order valence-electron chi connectivity index (χ1n) is 18.6. The molecule has 21 heteroatoms. The van der Waals surface area contributed by atoms with Crippen molar-refractivity contribution in [2.45, 2.75) is 81.6 Å². The molecular formula is C38H50N8O12S. The summed E-state index contributed by atoms with van der Waals surface area (Å²) in [6.45, 7) is 1.47. The molecule has 59 heavy (non-hydrogen) atoms. The number of hydrogen-bond acceptors (Lipinski definition) is 13. The Labute approximate surface area is 343 Å². The molecule has 2 fully saturated rings. The van der Waals surface area contributed by atoms with Crippen molar-refractivity contribution in [3.05, 3.63) is 71.6 Å². The van der Waals surface area contributed by atoms with Crippen molar-refractivity contribution in [2.75, 3.05) is 25.6 Å². The number of carbonyl (C=O) groups is 7. The number of phenolic OH excluding ortho intramolecular Hbond substituents is 2. The molecule has 2 aliphatic heterocycles. The number of aromatic hydroxyl groups is 2. The van der Waals surface area contributed by atoms with Gasteiger partial charge in [0, 0.05) is 39.1 Å². The van der Waals surface area contributed by atoms with Gasteiger partial charge >= 0.3 is 18.0 Å². The van der Waals surface area contributed by atoms with E-state index in [-0.39, 0.29) is 55.9 Å². The van der Waals surface area contributed by atoms with Crippen LogP contribution in [0, 0.1) is 0 Å². The van der Waals surface area contributed by atoms with Gasteiger partial charge in [0.1, 0.15) is 41.5 Å². The van der Waals surface area contributed by atoms with Crippen LogP contribution in [0.2, 0.25) is 0 Å². The van der Waals surface area contributed by atoms with Gasteiger partial charge in [0.05, 0.1) is 12.1 Å². The number of carbonyl (C=O) groups excluding carboxylic acids is 6. The van der Waals surface area contributed by atoms with Crippen molar-refractivity contribution < 1.29 is 58.7 Å². The zero-order valence-corrected chi connectivity index (χ0v) is 33.4. The van der Waals surface area contributed by atoms with Gasteiger partial charge in [0.15, 0.2) is 0 Å². The maximum absolute atomic E-state index is 13.9. The molecule has 2 aromatic rings. The number of phenols is 2. The van der Waals surface area contributed by atoms with Gasteiger partial charge < -0.3 is 57.1 Å². The number of aliphatic hydroxyl groups is 1. The summed E-state index contributed by atoms with van der Waals surface area (Å²) in [6, 6.07) is 3.80. The van der Waals surface area contributed by atoms with Gasteiger partial charge in [-0.1, -0.05) is 24.3 Å². The standard InChI is InChI=1S/C38H50N8O12S/c1-20(45(2)34(53)26(39)16-21-6-4-8-23(47)14-21)31(33(52)40-19-25-18-29(49)35(58-25)46-12-10-30(50)43-38(46)57)44-32(51)27(11-13-59-3)41-37(56)42-28(36(54)55)17-22-7-5-9-24(48)15-22/h4-9,14-15,19-20,26-29,31,35,47-49H,10-13,16-18,39H2,1-3H3,(H,40,52)(H,44,51)(H,54,55)(H2,41,42,56)(H,43,50,57)/b25-19+/t20?,26-,27-,28-,29?,31?,35?/m0/s1. The number of nitrogens with two attached hydrogens (primary N) is 1. The van der Waals surface area contributed by atoms with E-state index in [0.717, 1.165) is 11.1 Å². The van der Waals surface area contributed by atoms with Gasteiger partial charge in [-0.05, 0) is 67.2 Å². The lowest BCUT2D eigenvalue weighted by Gasteiger charge is -2.34. The molecule has 8 amide bonds. The maximum atomic E-state index is 13.9. The SMILES string of the molecule is CSCC[C@H](NC(=O)N[C@@H](Cc1cccc(O)c1)C(=O)O)C(=O)NC(C(=O)N/C=C1\CC(O)C(N2CCC(=O)NC2=O)O1)C(C)N(C)C(=O)[C@@H](N)Cc1cccc(O)c1. The van der Waals surface area contributed by atoms with Crippen LogP contribution >= 0.6 is 11.8 Å². The highest BCUT2D eigenvalue weighted by Gasteiger charge is 2.41. The van der Waals surface area contributed by atoms with Crippen LogP contribution in [0.1, 0.15) is 37.3 Å². The lowest BCUT2D eigenvalue weighted by atomic mass is 10.0. The van der Waals surface area contributed by atoms with Crippen molar-refractivity contribution in [3.63, 3.8) is 0 Å². The third kappa shape index (κ3) is 13.0. The van der Waals surface area contributed by atoms with E-state index >= 15 is 0 Å². The number of aliphatic hydroxyl groups excluding tert-OH is 1. The second-order valence-corrected chi connectivity index (χ2v) is 15.1. The molecule has 4 unspecified atom stereocenters. The number of thioether (sulfide) groups is 1. The quantitative estimate of drug-likeness (QED) is 0.0899. The molecule has 7 atom stereocenters. The summed E-state index contributed by atoms with van der Waals surface area (Å²) in [6.07, 6.45) is 0.281. The van der Waals surface area contributed by atoms with Gasteiger partial charge in [-0.25, -0.2) is 14.4 Å². The fourth-order valence-electron chi connectivity index (χ4n) is 6.37. The number of nitrogens with zero attached hydrogens (tertiary/aromatic N) is 2. The van der Waals surface area contributed by atoms with Crippen LogP contribution in [0.5, 0.6) is 11.5 Å². The summed E-state index contributed by atoms with van der Waals surface area (Å²) >= 11 is 1.36. The summed E-state index contributed by atoms with van der Waals surface area (Å²) in [7, 11) is 1.38. The minimum atomic E-state index is -1.51. The number of likely N-dealkylation sites (N-methyl/N-ethyl adjacent to an activating group) is 1. The van der Waals surface area contributed by atoms with E-state index < -0.39 is 84.2 Å². The van der Waals surface area contributed by atoms with E-state index in [4.69, 9.17) is 10.5 Å². The van der Waals surface area contributed by atoms with Gasteiger partial charge in [-0.15, -0.1) is 0 Å². The van der Waals surface area contributed by atoms with Crippen molar-refractivity contribution in [2.24, 2.45) is 5.73 Å². The zero-order chi connectivity index (χ0) is 43.4. The smallest absolute Gasteiger partial charge is 0.327 e. The molecule has 0 spiro atoms. The number of urea groups is 2. The number of ether oxygens (including phenoxy) is 1. The Kier molecular flexibility index (Phi) is 16.3. The largest absolute Gasteiger partial charge is 0.508 e. The lowest BCUT2D eigenvalue weighted by molar-refractivity contribution is -0.139. The van der Waals surface area contributed by atoms with E-state index in [1.807, 2.05) is 0 Å². The van der Waals surface area contributed by atoms with Gasteiger partial charge in [0.2, 0.25) is 29.9 Å². The minimum absolute atomic E-state index is 0.00917. The van der Waals surface area contributed by atoms with Gasteiger partial charge in [-0.3, -0.25) is 29.4 Å². The highest BCUT2D eigenvalue weighted by molar-refractivity contribution is 7.98. The summed E-state index contributed by atoms with van der Waals surface area (Å²) in [5.41, 5.74) is 7.26. The monoisotopic (exact) mass is 842 g/mol. The summed E-state index contributed by atoms with van der Waals surface area (Å²) in [5, 5.41) is 52.2. The molecular weight excluding hydrogens is 793 g/mol. The molecule has 0 saturated carbocycles. The second-order valence-electron chi connectivity index (χ2n) is 14.1. The van der Waals surface area contributed by atoms with E-state index in [2.05, 4.69) is 26.6 Å². The molecule has 20 nitrogen and oxygen atoms in total. The fourth-order valence-corrected chi connectivity index (χ4v) is 6.84. The number of carboxylic acids is 1. The molecule has 0 aromatic heterocycles. The van der Waals surface area contributed by atoms with Crippen LogP contribution in [-0.2, 0) is 41.6 Å². The van der Waals surface area contributed by atoms with Crippen molar-refractivity contribution >= 4 is 53.4 Å². The first kappa shape index (κ1) is 45.6. The van der Waals surface area contributed by atoms with Crippen molar-refractivity contribution in [1.82, 2.24) is 36.4 Å². The van der Waals surface area contributed by atoms with Gasteiger partial charge in [0.25, 0.3) is 0 Å². The number of carboxylic acid groups (broad SMARTS) is 1. The van der Waals surface area contributed by atoms with Crippen LogP contribution in [0.4, 0.5) is 9.59 Å². The summed E-state index contributed by atoms with van der Waals surface area (Å²) in [5.74, 6) is -3.87. The molecule has 2 saturated heterocycles. The second kappa shape index (κ2) is 21.1. The number of rotatable bonds is 18. The highest BCUT2D eigenvalue weighted by atomic mass is 32.2. The first-order valence-corrected chi connectivity index (χ1v) is 20.0. The van der Waals surface area contributed by atoms with E-state index in [1.165, 1.54) is 61.0 Å². The van der Waals surface area contributed by atoms with Crippen LogP contribution in [0.25, 0.3) is 0 Å². The Bertz CT molecular complexity index is 1920. The predicted molar refractivity (Wildman–Crippen MR) is 212 cm³/mol. The molecule has 2 aromatic carbocycles. The predicted octanol–water partition coefficient (Wildman–Crippen LogP) is -0.577. The summed E-state index contributed by atoms with van der Waals surface area (Å²) in [4.78, 5) is 93.0. The molecule has 0 bridgehead atoms. The number of benzene rings is 2. The maximum Gasteiger partial charge on any atom is 0.327 e. The third-order valence-electron chi connectivity index (χ3n) is 9.67. The van der Waals surface area contributed by atoms with Crippen LogP contribution in [-0.4, -0.2) is 140 Å². The normalized spacial score (nSPS) is 19.6. The Balaban J connectivity index is 1.53. The zero-order valence-electron chi connectivity index (χ0n) is 32.6. The Hall–Kier alpha value is -6.06. The average Bonchev–Trinajstić information content (AvgIpc) is 3.55. The molecule has 11 N–H and O–H groups in total. The summed E-state index contributed by atoms with van der Waals surface area (Å²) < 4.78 is 5.74. The van der Waals surface area contributed by atoms with Gasteiger partial charge in [-0.2, -0.15) is 11.8 Å². The van der Waals surface area contributed by atoms with Crippen molar-refractivity contribution in [3.8, 4) is 11.5 Å². The number of nitrogens with one attached hydrogen (secondary N) is 5. The van der Waals surface area contributed by atoms with E-state index in [0.29, 0.717) is 16.9 Å². The molecule has 2 aliphatic rings. The Morgan fingerprint density at radius 3 is 2.22 bits per heavy atom. The number of aliphatic carboxylic acids is 1. The Morgan fingerprint density at radius 1 is 1.00 bits per heavy atom. The first-order chi connectivity index (χ1) is 28.0. The minimum Gasteiger partial charge on any atom is -0.508 e. The lowest BCUT2D eigenvalue weighted by Crippen LogP contribution is -2.62. The molecule has 4 rings (SSSR count). The van der Waals surface area contributed by atoms with Crippen LogP contribution in [0.15, 0.2) is 60.5 Å². The van der Waals surface area contributed by atoms with Crippen LogP contribution in [0.3, 0.4) is 0 Å².